The van der Waals surface area contributed by atoms with Crippen molar-refractivity contribution in [3.8, 4) is 0 Å². The number of morpholine rings is 1. The molecule has 0 unspecified atom stereocenters. The van der Waals surface area contributed by atoms with Crippen molar-refractivity contribution >= 4 is 23.5 Å². The lowest BCUT2D eigenvalue weighted by Gasteiger charge is -2.32. The smallest absolute Gasteiger partial charge is 0.254 e. The number of carbonyl (C=O) groups is 1. The number of anilines is 1. The lowest BCUT2D eigenvalue weighted by molar-refractivity contribution is 0.0303. The van der Waals surface area contributed by atoms with E-state index in [1.807, 2.05) is 29.2 Å². The summed E-state index contributed by atoms with van der Waals surface area (Å²) in [6.07, 6.45) is 6.46. The van der Waals surface area contributed by atoms with Crippen molar-refractivity contribution in [2.24, 2.45) is 0 Å². The first-order valence-corrected chi connectivity index (χ1v) is 13.2. The highest BCUT2D eigenvalue weighted by Gasteiger charge is 2.21. The minimum absolute atomic E-state index is 0.0841. The first kappa shape index (κ1) is 24.0. The third kappa shape index (κ3) is 6.27. The number of benzene rings is 1. The van der Waals surface area contributed by atoms with Gasteiger partial charge in [-0.1, -0.05) is 57.0 Å². The van der Waals surface area contributed by atoms with Gasteiger partial charge >= 0.3 is 0 Å². The summed E-state index contributed by atoms with van der Waals surface area (Å²) in [6.45, 7) is 6.94. The van der Waals surface area contributed by atoms with E-state index in [1.165, 1.54) is 37.7 Å². The van der Waals surface area contributed by atoms with Gasteiger partial charge in [0.15, 0.2) is 5.16 Å². The molecular weight excluding hydrogens is 432 g/mol. The van der Waals surface area contributed by atoms with Crippen LogP contribution in [0.4, 0.5) is 5.82 Å². The first-order valence-electron chi connectivity index (χ1n) is 12.2. The average molecular weight is 469 g/mol. The highest BCUT2D eigenvalue weighted by molar-refractivity contribution is 7.98. The molecule has 0 atom stereocenters. The van der Waals surface area contributed by atoms with Crippen LogP contribution in [-0.4, -0.2) is 60.2 Å². The van der Waals surface area contributed by atoms with Crippen molar-refractivity contribution in [3.63, 3.8) is 0 Å². The molecule has 1 aromatic heterocycles. The van der Waals surface area contributed by atoms with Gasteiger partial charge in [-0.15, -0.1) is 0 Å². The van der Waals surface area contributed by atoms with Gasteiger partial charge in [-0.3, -0.25) is 4.79 Å². The maximum atomic E-state index is 12.7. The summed E-state index contributed by atoms with van der Waals surface area (Å²) in [5.74, 6) is 2.26. The Labute approximate surface area is 202 Å². The van der Waals surface area contributed by atoms with Crippen LogP contribution in [0.1, 0.15) is 73.5 Å². The Balaban J connectivity index is 1.42. The van der Waals surface area contributed by atoms with Crippen LogP contribution in [0.3, 0.4) is 0 Å². The molecule has 0 radical (unpaired) electrons. The third-order valence-corrected chi connectivity index (χ3v) is 7.57. The zero-order valence-electron chi connectivity index (χ0n) is 20.1. The largest absolute Gasteiger partial charge is 0.378 e. The molecule has 0 bridgehead atoms. The molecule has 7 heteroatoms. The van der Waals surface area contributed by atoms with Gasteiger partial charge < -0.3 is 14.5 Å². The van der Waals surface area contributed by atoms with Gasteiger partial charge in [-0.2, -0.15) is 0 Å². The zero-order valence-corrected chi connectivity index (χ0v) is 20.9. The second-order valence-electron chi connectivity index (χ2n) is 9.38. The maximum Gasteiger partial charge on any atom is 0.254 e. The molecule has 2 fully saturated rings. The fraction of sp³-hybridized carbons (Fsp3) is 0.577. The van der Waals surface area contributed by atoms with Crippen LogP contribution in [0.25, 0.3) is 0 Å². The van der Waals surface area contributed by atoms with E-state index < -0.39 is 0 Å². The molecule has 1 aromatic carbocycles. The van der Waals surface area contributed by atoms with E-state index in [0.717, 1.165) is 28.0 Å². The van der Waals surface area contributed by atoms with Gasteiger partial charge in [0.1, 0.15) is 5.82 Å². The highest BCUT2D eigenvalue weighted by Crippen LogP contribution is 2.29. The van der Waals surface area contributed by atoms with Crippen LogP contribution in [-0.2, 0) is 10.5 Å². The van der Waals surface area contributed by atoms with Crippen molar-refractivity contribution in [2.75, 3.05) is 38.3 Å². The number of nitrogens with zero attached hydrogens (tertiary/aromatic N) is 4. The second-order valence-corrected chi connectivity index (χ2v) is 10.3. The van der Waals surface area contributed by atoms with E-state index in [9.17, 15) is 4.79 Å². The molecule has 1 saturated carbocycles. The molecule has 2 aromatic rings. The number of thioether (sulfide) groups is 1. The van der Waals surface area contributed by atoms with E-state index in [4.69, 9.17) is 14.7 Å². The molecular formula is C26H36N4O2S. The summed E-state index contributed by atoms with van der Waals surface area (Å²) in [5.41, 5.74) is 3.00. The molecule has 0 N–H and O–H groups in total. The van der Waals surface area contributed by atoms with Crippen LogP contribution in [0.5, 0.6) is 0 Å². The monoisotopic (exact) mass is 468 g/mol. The second kappa shape index (κ2) is 11.3. The lowest BCUT2D eigenvalue weighted by Crippen LogP contribution is -2.40. The van der Waals surface area contributed by atoms with Gasteiger partial charge in [0.25, 0.3) is 5.91 Å². The minimum atomic E-state index is 0.0841. The predicted molar refractivity (Wildman–Crippen MR) is 134 cm³/mol. The summed E-state index contributed by atoms with van der Waals surface area (Å²) >= 11 is 1.66. The Kier molecular flexibility index (Phi) is 8.25. The Hall–Kier alpha value is -2.12. The van der Waals surface area contributed by atoms with Crippen LogP contribution in [0, 0.1) is 0 Å². The molecule has 178 valence electrons. The number of aromatic nitrogens is 2. The molecule has 1 amide bonds. The van der Waals surface area contributed by atoms with E-state index in [2.05, 4.69) is 31.9 Å². The Morgan fingerprint density at radius 3 is 2.48 bits per heavy atom. The lowest BCUT2D eigenvalue weighted by atomic mass is 9.94. The normalized spacial score (nSPS) is 17.4. The molecule has 0 spiro atoms. The van der Waals surface area contributed by atoms with Crippen LogP contribution >= 0.6 is 11.8 Å². The van der Waals surface area contributed by atoms with Gasteiger partial charge in [-0.25, -0.2) is 9.97 Å². The number of hydrogen-bond acceptors (Lipinski definition) is 6. The van der Waals surface area contributed by atoms with E-state index >= 15 is 0 Å². The van der Waals surface area contributed by atoms with Gasteiger partial charge in [0.05, 0.1) is 13.2 Å². The zero-order chi connectivity index (χ0) is 23.2. The topological polar surface area (TPSA) is 58.6 Å². The molecule has 6 nitrogen and oxygen atoms in total. The van der Waals surface area contributed by atoms with Crippen molar-refractivity contribution in [2.45, 2.75) is 68.8 Å². The van der Waals surface area contributed by atoms with Gasteiger partial charge in [0.2, 0.25) is 0 Å². The number of rotatable bonds is 7. The van der Waals surface area contributed by atoms with Crippen molar-refractivity contribution < 1.29 is 9.53 Å². The molecule has 1 saturated heterocycles. The quantitative estimate of drug-likeness (QED) is 0.415. The molecule has 1 aliphatic carbocycles. The fourth-order valence-corrected chi connectivity index (χ4v) is 5.28. The number of ether oxygens (including phenoxy) is 1. The Bertz CT molecular complexity index is 922. The van der Waals surface area contributed by atoms with E-state index in [1.54, 1.807) is 11.8 Å². The van der Waals surface area contributed by atoms with Crippen LogP contribution < -0.4 is 4.90 Å². The van der Waals surface area contributed by atoms with Gasteiger partial charge in [0, 0.05) is 49.3 Å². The number of carbonyl (C=O) groups excluding carboxylic acids is 1. The highest BCUT2D eigenvalue weighted by atomic mass is 32.2. The summed E-state index contributed by atoms with van der Waals surface area (Å²) < 4.78 is 5.35. The van der Waals surface area contributed by atoms with Crippen molar-refractivity contribution in [3.05, 3.63) is 47.2 Å². The summed E-state index contributed by atoms with van der Waals surface area (Å²) in [5, 5.41) is 0.826. The summed E-state index contributed by atoms with van der Waals surface area (Å²) in [4.78, 5) is 26.6. The molecule has 4 rings (SSSR count). The summed E-state index contributed by atoms with van der Waals surface area (Å²) in [7, 11) is 2.18. The SMILES string of the molecule is CC(C)c1cc(N(C)C2CCCCC2)nc(SCc2ccc(C(=O)N3CCOCC3)cc2)n1. The predicted octanol–water partition coefficient (Wildman–Crippen LogP) is 5.13. The van der Waals surface area contributed by atoms with E-state index in [0.29, 0.717) is 38.3 Å². The van der Waals surface area contributed by atoms with E-state index in [-0.39, 0.29) is 5.91 Å². The van der Waals surface area contributed by atoms with Crippen molar-refractivity contribution in [1.29, 1.82) is 0 Å². The summed E-state index contributed by atoms with van der Waals surface area (Å²) in [6, 6.07) is 10.7. The molecule has 33 heavy (non-hydrogen) atoms. The van der Waals surface area contributed by atoms with Crippen LogP contribution in [0.15, 0.2) is 35.5 Å². The van der Waals surface area contributed by atoms with Crippen molar-refractivity contribution in [1.82, 2.24) is 14.9 Å². The molecule has 2 heterocycles. The maximum absolute atomic E-state index is 12.7. The first-order chi connectivity index (χ1) is 16.0. The molecule has 1 aliphatic heterocycles. The fourth-order valence-electron chi connectivity index (χ4n) is 4.47. The number of amides is 1. The number of hydrogen-bond donors (Lipinski definition) is 0. The van der Waals surface area contributed by atoms with Crippen LogP contribution in [0.2, 0.25) is 0 Å². The third-order valence-electron chi connectivity index (χ3n) is 6.65. The minimum Gasteiger partial charge on any atom is -0.378 e. The Morgan fingerprint density at radius 2 is 1.82 bits per heavy atom. The average Bonchev–Trinajstić information content (AvgIpc) is 2.87. The van der Waals surface area contributed by atoms with Gasteiger partial charge in [-0.05, 0) is 36.5 Å². The Morgan fingerprint density at radius 1 is 1.12 bits per heavy atom. The standard InChI is InChI=1S/C26H36N4O2S/c1-19(2)23-17-24(29(3)22-7-5-4-6-8-22)28-26(27-23)33-18-20-9-11-21(12-10-20)25(31)30-13-15-32-16-14-30/h9-12,17,19,22H,4-8,13-16,18H2,1-3H3. The molecule has 2 aliphatic rings.